The van der Waals surface area contributed by atoms with Crippen LogP contribution in [0.15, 0.2) is 0 Å². The molecule has 1 aliphatic carbocycles. The fourth-order valence-corrected chi connectivity index (χ4v) is 5.04. The number of nitrogens with two attached hydrogens (primary N) is 1. The molecule has 1 saturated heterocycles. The Morgan fingerprint density at radius 1 is 1.24 bits per heavy atom. The van der Waals surface area contributed by atoms with Crippen LogP contribution in [0.25, 0.3) is 10.2 Å². The second kappa shape index (κ2) is 7.25. The summed E-state index contributed by atoms with van der Waals surface area (Å²) in [5.74, 6) is -0.481. The number of aromatic nitrogens is 2. The van der Waals surface area contributed by atoms with Crippen LogP contribution in [0.1, 0.15) is 49.4 Å². The molecule has 0 atom stereocenters. The number of carbonyl (C=O) groups is 3. The lowest BCUT2D eigenvalue weighted by molar-refractivity contribution is -0.148. The highest BCUT2D eigenvalue weighted by atomic mass is 32.1. The predicted octanol–water partition coefficient (Wildman–Crippen LogP) is 1.92. The first kappa shape index (κ1) is 19.6. The molecule has 2 aliphatic rings. The van der Waals surface area contributed by atoms with Gasteiger partial charge in [0.1, 0.15) is 22.7 Å². The minimum absolute atomic E-state index is 0.172. The molecule has 29 heavy (non-hydrogen) atoms. The zero-order valence-electron chi connectivity index (χ0n) is 16.4. The summed E-state index contributed by atoms with van der Waals surface area (Å²) in [5, 5.41) is 3.44. The van der Waals surface area contributed by atoms with Crippen molar-refractivity contribution in [3.8, 4) is 0 Å². The molecule has 2 aromatic heterocycles. The van der Waals surface area contributed by atoms with Crippen LogP contribution in [-0.4, -0.2) is 44.9 Å². The second-order valence-corrected chi connectivity index (χ2v) is 8.96. The fraction of sp³-hybridized carbons (Fsp3) is 0.526. The number of fused-ring (bicyclic) bond motifs is 3. The number of hydrogen-bond acceptors (Lipinski definition) is 8. The number of imide groups is 1. The number of anilines is 1. The molecule has 0 bridgehead atoms. The van der Waals surface area contributed by atoms with Gasteiger partial charge in [-0.05, 0) is 45.1 Å². The molecule has 1 fully saturated rings. The maximum Gasteiger partial charge on any atom is 0.326 e. The smallest absolute Gasteiger partial charge is 0.326 e. The van der Waals surface area contributed by atoms with E-state index in [-0.39, 0.29) is 6.61 Å². The van der Waals surface area contributed by atoms with Crippen LogP contribution in [0.2, 0.25) is 0 Å². The van der Waals surface area contributed by atoms with Crippen LogP contribution in [0.3, 0.4) is 0 Å². The van der Waals surface area contributed by atoms with Crippen molar-refractivity contribution in [3.63, 3.8) is 0 Å². The van der Waals surface area contributed by atoms with E-state index in [0.717, 1.165) is 40.8 Å². The minimum Gasteiger partial charge on any atom is -0.456 e. The van der Waals surface area contributed by atoms with Crippen LogP contribution in [0.4, 0.5) is 10.6 Å². The summed E-state index contributed by atoms with van der Waals surface area (Å²) in [6.07, 6.45) is 5.53. The van der Waals surface area contributed by atoms with Crippen molar-refractivity contribution in [3.05, 3.63) is 16.3 Å². The Labute approximate surface area is 171 Å². The Morgan fingerprint density at radius 3 is 2.72 bits per heavy atom. The maximum absolute atomic E-state index is 12.2. The van der Waals surface area contributed by atoms with Gasteiger partial charge in [0.25, 0.3) is 5.91 Å². The third kappa shape index (κ3) is 3.64. The van der Waals surface area contributed by atoms with E-state index in [1.165, 1.54) is 16.9 Å². The fourth-order valence-electron chi connectivity index (χ4n) is 3.75. The van der Waals surface area contributed by atoms with Crippen molar-refractivity contribution >= 4 is 45.3 Å². The molecule has 9 nitrogen and oxygen atoms in total. The van der Waals surface area contributed by atoms with E-state index in [0.29, 0.717) is 11.6 Å². The lowest BCUT2D eigenvalue weighted by Gasteiger charge is -2.15. The van der Waals surface area contributed by atoms with Crippen LogP contribution in [0.5, 0.6) is 0 Å². The number of urea groups is 1. The molecule has 3 heterocycles. The summed E-state index contributed by atoms with van der Waals surface area (Å²) in [5.41, 5.74) is 6.41. The van der Waals surface area contributed by atoms with Crippen molar-refractivity contribution in [2.75, 3.05) is 12.3 Å². The van der Waals surface area contributed by atoms with Gasteiger partial charge >= 0.3 is 12.0 Å². The molecule has 0 radical (unpaired) electrons. The van der Waals surface area contributed by atoms with Gasteiger partial charge in [-0.1, -0.05) is 6.42 Å². The molecule has 10 heteroatoms. The largest absolute Gasteiger partial charge is 0.456 e. The number of nitrogen functional groups attached to an aromatic ring is 1. The zero-order chi connectivity index (χ0) is 20.8. The third-order valence-corrected chi connectivity index (χ3v) is 6.42. The SMILES string of the molecule is CC1(C)NC(=O)N(CC(=O)OCc2nc(N)c3c4c(sc3n2)CCCCC4)C1=O. The number of carbonyl (C=O) groups excluding carboxylic acids is 3. The van der Waals surface area contributed by atoms with Gasteiger partial charge in [0.15, 0.2) is 12.4 Å². The number of aryl methyl sites for hydroxylation is 2. The quantitative estimate of drug-likeness (QED) is 0.442. The lowest BCUT2D eigenvalue weighted by Crippen LogP contribution is -2.41. The zero-order valence-corrected chi connectivity index (χ0v) is 17.2. The summed E-state index contributed by atoms with van der Waals surface area (Å²) in [6, 6.07) is -0.612. The van der Waals surface area contributed by atoms with Crippen LogP contribution in [-0.2, 0) is 33.8 Å². The molecule has 0 aromatic carbocycles. The number of esters is 1. The van der Waals surface area contributed by atoms with Crippen molar-refractivity contribution in [2.45, 2.75) is 58.1 Å². The minimum atomic E-state index is -1.03. The van der Waals surface area contributed by atoms with Gasteiger partial charge in [-0.3, -0.25) is 14.5 Å². The van der Waals surface area contributed by atoms with E-state index in [4.69, 9.17) is 10.5 Å². The Balaban J connectivity index is 1.45. The summed E-state index contributed by atoms with van der Waals surface area (Å²) >= 11 is 1.62. The lowest BCUT2D eigenvalue weighted by atomic mass is 10.1. The molecular formula is C19H23N5O4S. The summed E-state index contributed by atoms with van der Waals surface area (Å²) < 4.78 is 5.19. The van der Waals surface area contributed by atoms with Gasteiger partial charge in [0.05, 0.1) is 5.39 Å². The van der Waals surface area contributed by atoms with E-state index in [2.05, 4.69) is 15.3 Å². The van der Waals surface area contributed by atoms with E-state index >= 15 is 0 Å². The Kier molecular flexibility index (Phi) is 4.89. The summed E-state index contributed by atoms with van der Waals surface area (Å²) in [4.78, 5) is 48.0. The highest BCUT2D eigenvalue weighted by Gasteiger charge is 2.45. The van der Waals surface area contributed by atoms with Crippen molar-refractivity contribution in [1.82, 2.24) is 20.2 Å². The Morgan fingerprint density at radius 2 is 2.00 bits per heavy atom. The first-order chi connectivity index (χ1) is 13.8. The van der Waals surface area contributed by atoms with Gasteiger partial charge in [-0.15, -0.1) is 11.3 Å². The average molecular weight is 417 g/mol. The summed E-state index contributed by atoms with van der Waals surface area (Å²) in [7, 11) is 0. The van der Waals surface area contributed by atoms with E-state index < -0.39 is 30.0 Å². The monoisotopic (exact) mass is 417 g/mol. The predicted molar refractivity (Wildman–Crippen MR) is 107 cm³/mol. The molecule has 1 aliphatic heterocycles. The maximum atomic E-state index is 12.2. The van der Waals surface area contributed by atoms with Crippen molar-refractivity contribution < 1.29 is 19.1 Å². The summed E-state index contributed by atoms with van der Waals surface area (Å²) in [6.45, 7) is 2.52. The molecule has 0 saturated carbocycles. The number of nitrogens with one attached hydrogen (secondary N) is 1. The molecular weight excluding hydrogens is 394 g/mol. The second-order valence-electron chi connectivity index (χ2n) is 7.88. The number of amides is 3. The number of ether oxygens (including phenoxy) is 1. The molecule has 2 aromatic rings. The first-order valence-electron chi connectivity index (χ1n) is 9.62. The number of thiophene rings is 1. The normalized spacial score (nSPS) is 18.5. The van der Waals surface area contributed by atoms with Gasteiger partial charge in [-0.2, -0.15) is 0 Å². The van der Waals surface area contributed by atoms with Crippen molar-refractivity contribution in [2.24, 2.45) is 0 Å². The van der Waals surface area contributed by atoms with Gasteiger partial charge < -0.3 is 15.8 Å². The molecule has 154 valence electrons. The average Bonchev–Trinajstić information content (AvgIpc) is 2.96. The van der Waals surface area contributed by atoms with Crippen LogP contribution < -0.4 is 11.1 Å². The Bertz CT molecular complexity index is 1020. The Hall–Kier alpha value is -2.75. The third-order valence-electron chi connectivity index (χ3n) is 5.23. The number of rotatable bonds is 4. The van der Waals surface area contributed by atoms with Gasteiger partial charge in [0.2, 0.25) is 0 Å². The molecule has 4 rings (SSSR count). The number of hydrogen-bond donors (Lipinski definition) is 2. The molecule has 3 N–H and O–H groups in total. The number of nitrogens with zero attached hydrogens (tertiary/aromatic N) is 3. The van der Waals surface area contributed by atoms with E-state index in [1.807, 2.05) is 0 Å². The molecule has 3 amide bonds. The highest BCUT2D eigenvalue weighted by molar-refractivity contribution is 7.19. The topological polar surface area (TPSA) is 128 Å². The van der Waals surface area contributed by atoms with Crippen molar-refractivity contribution in [1.29, 1.82) is 0 Å². The van der Waals surface area contributed by atoms with Gasteiger partial charge in [0, 0.05) is 4.88 Å². The standard InChI is InChI=1S/C19H23N5O4S/c1-19(2)17(26)24(18(27)23-19)8-13(25)28-9-12-21-15(20)14-10-6-4-3-5-7-11(10)29-16(14)22-12/h3-9H2,1-2H3,(H,23,27)(H2,20,21,22). The van der Waals surface area contributed by atoms with Crippen LogP contribution >= 0.6 is 11.3 Å². The van der Waals surface area contributed by atoms with E-state index in [9.17, 15) is 14.4 Å². The molecule has 0 unspecified atom stereocenters. The highest BCUT2D eigenvalue weighted by Crippen LogP contribution is 2.37. The van der Waals surface area contributed by atoms with Gasteiger partial charge in [-0.25, -0.2) is 14.8 Å². The molecule has 0 spiro atoms. The van der Waals surface area contributed by atoms with E-state index in [1.54, 1.807) is 25.2 Å². The van der Waals surface area contributed by atoms with Crippen LogP contribution in [0, 0.1) is 0 Å². The first-order valence-corrected chi connectivity index (χ1v) is 10.4.